The molecule has 20 atom stereocenters. The maximum Gasteiger partial charge on any atom is 0.176 e. The molecule has 0 aliphatic carbocycles. The minimum atomic E-state index is -1.50. The third kappa shape index (κ3) is 7.44. The van der Waals surface area contributed by atoms with Gasteiger partial charge in [-0.25, -0.2) is 0 Å². The van der Waals surface area contributed by atoms with Gasteiger partial charge in [0.1, 0.15) is 73.2 Å². The van der Waals surface area contributed by atoms with Crippen LogP contribution in [-0.4, -0.2) is 179 Å². The first kappa shape index (κ1) is 37.0. The minimum Gasteiger partial charge on any atom is -0.388 e. The van der Waals surface area contributed by atoms with Crippen LogP contribution in [0.3, 0.4) is 0 Å². The molecule has 0 aromatic heterocycles. The summed E-state index contributed by atoms with van der Waals surface area (Å²) in [5, 5.41) is 63.3. The monoisotopic (exact) mass is 658 g/mol. The van der Waals surface area contributed by atoms with Gasteiger partial charge in [0, 0.05) is 26.2 Å². The molecule has 0 bridgehead atoms. The normalized spacial score (nSPS) is 52.9. The Bertz CT molecular complexity index is 930. The maximum absolute atomic E-state index is 11.2. The van der Waals surface area contributed by atoms with Gasteiger partial charge in [-0.1, -0.05) is 0 Å². The Hall–Kier alpha value is -0.840. The van der Waals surface area contributed by atoms with Gasteiger partial charge in [0.15, 0.2) is 25.2 Å². The second-order valence-corrected chi connectivity index (χ2v) is 11.7. The fourth-order valence-corrected chi connectivity index (χ4v) is 5.89. The highest BCUT2D eigenvalue weighted by Gasteiger charge is 2.53. The lowest BCUT2D eigenvalue weighted by Gasteiger charge is -2.50. The third-order valence-electron chi connectivity index (χ3n) is 8.73. The standard InChI is InChI=1S/C24H50N8O13/c25-1-5-13(33)14(34)10(30)22(40-5)44-19-7(3-27)42-24(12(32)16(19)36)45-20-8(4-28)41-23(11(31)17(20)37)43-18-6(2-26)39-21(38)9(29)15(18)35/h5-24,33-38H,1-4,25-32H2/t5?,6?,7?,8?,9?,10?,11?,12?,13-,14?,15?,16?,17?,18-,19-,20-,21+,22-,23-,24-/m1/s1. The number of hydrogen-bond acceptors (Lipinski definition) is 21. The smallest absolute Gasteiger partial charge is 0.176 e. The first-order chi connectivity index (χ1) is 21.3. The van der Waals surface area contributed by atoms with Crippen LogP contribution in [0, 0.1) is 0 Å². The van der Waals surface area contributed by atoms with Crippen LogP contribution in [0.1, 0.15) is 0 Å². The van der Waals surface area contributed by atoms with E-state index in [0.29, 0.717) is 0 Å². The summed E-state index contributed by atoms with van der Waals surface area (Å²) in [5.41, 5.74) is 47.5. The van der Waals surface area contributed by atoms with Crippen molar-refractivity contribution in [1.29, 1.82) is 0 Å². The van der Waals surface area contributed by atoms with E-state index in [1.54, 1.807) is 0 Å². The largest absolute Gasteiger partial charge is 0.388 e. The lowest BCUT2D eigenvalue weighted by atomic mass is 9.93. The first-order valence-corrected chi connectivity index (χ1v) is 14.8. The van der Waals surface area contributed by atoms with Gasteiger partial charge in [0.05, 0.1) is 24.2 Å². The summed E-state index contributed by atoms with van der Waals surface area (Å²) in [4.78, 5) is 0. The summed E-state index contributed by atoms with van der Waals surface area (Å²) in [6.07, 6.45) is -20.4. The Morgan fingerprint density at radius 1 is 0.400 bits per heavy atom. The van der Waals surface area contributed by atoms with Crippen molar-refractivity contribution < 1.29 is 63.8 Å². The summed E-state index contributed by atoms with van der Waals surface area (Å²) in [7, 11) is 0. The predicted molar refractivity (Wildman–Crippen MR) is 150 cm³/mol. The quantitative estimate of drug-likeness (QED) is 0.103. The van der Waals surface area contributed by atoms with Crippen LogP contribution in [0.15, 0.2) is 0 Å². The van der Waals surface area contributed by atoms with Crippen LogP contribution in [0.25, 0.3) is 0 Å². The van der Waals surface area contributed by atoms with Gasteiger partial charge in [-0.3, -0.25) is 0 Å². The van der Waals surface area contributed by atoms with E-state index in [1.165, 1.54) is 0 Å². The highest BCUT2D eigenvalue weighted by Crippen LogP contribution is 2.32. The number of aliphatic hydroxyl groups excluding tert-OH is 6. The van der Waals surface area contributed by atoms with Crippen molar-refractivity contribution in [2.45, 2.75) is 123 Å². The third-order valence-corrected chi connectivity index (χ3v) is 8.73. The van der Waals surface area contributed by atoms with E-state index in [2.05, 4.69) is 0 Å². The van der Waals surface area contributed by atoms with E-state index in [9.17, 15) is 30.6 Å². The fourth-order valence-electron chi connectivity index (χ4n) is 5.89. The Morgan fingerprint density at radius 3 is 1.09 bits per heavy atom. The SMILES string of the molecule is NCC1O[C@H](O[C@@H]2C(CN)O[C@H](O[C@@H]3C(CN)O[C@H](O[C@@H]4C(CN)O[C@H](O)C(N)C4O)C(N)C3O)C(N)C2O)C(N)C(O)[C@@H]1O. The van der Waals surface area contributed by atoms with Crippen molar-refractivity contribution in [2.75, 3.05) is 26.2 Å². The zero-order chi connectivity index (χ0) is 33.3. The molecule has 21 nitrogen and oxygen atoms in total. The first-order valence-electron chi connectivity index (χ1n) is 14.8. The molecule has 12 unspecified atom stereocenters. The Morgan fingerprint density at radius 2 is 0.711 bits per heavy atom. The zero-order valence-electron chi connectivity index (χ0n) is 24.5. The molecule has 0 aromatic carbocycles. The molecule has 0 amide bonds. The lowest BCUT2D eigenvalue weighted by Crippen LogP contribution is -2.70. The Labute approximate surface area is 258 Å². The summed E-state index contributed by atoms with van der Waals surface area (Å²) in [5.74, 6) is 0. The van der Waals surface area contributed by atoms with Crippen molar-refractivity contribution in [1.82, 2.24) is 0 Å². The molecule has 22 N–H and O–H groups in total. The second-order valence-electron chi connectivity index (χ2n) is 11.7. The summed E-state index contributed by atoms with van der Waals surface area (Å²) in [6.45, 7) is -0.707. The average molecular weight is 659 g/mol. The Balaban J connectivity index is 1.43. The van der Waals surface area contributed by atoms with E-state index < -0.39 is 123 Å². The van der Waals surface area contributed by atoms with Gasteiger partial charge in [-0.15, -0.1) is 0 Å². The van der Waals surface area contributed by atoms with Crippen LogP contribution < -0.4 is 45.9 Å². The fraction of sp³-hybridized carbons (Fsp3) is 1.00. The molecule has 4 rings (SSSR count). The molecule has 4 saturated heterocycles. The van der Waals surface area contributed by atoms with Crippen molar-refractivity contribution in [2.24, 2.45) is 45.9 Å². The molecular formula is C24H50N8O13. The highest BCUT2D eigenvalue weighted by molar-refractivity contribution is 5.00. The number of aliphatic hydroxyl groups is 6. The molecule has 4 aliphatic heterocycles. The van der Waals surface area contributed by atoms with Crippen LogP contribution in [0.4, 0.5) is 0 Å². The molecule has 0 radical (unpaired) electrons. The molecule has 264 valence electrons. The number of ether oxygens (including phenoxy) is 7. The summed E-state index contributed by atoms with van der Waals surface area (Å²) < 4.78 is 40.5. The van der Waals surface area contributed by atoms with E-state index in [4.69, 9.17) is 79.0 Å². The second kappa shape index (κ2) is 15.6. The number of nitrogens with two attached hydrogens (primary N) is 8. The van der Waals surface area contributed by atoms with Gasteiger partial charge in [0.25, 0.3) is 0 Å². The van der Waals surface area contributed by atoms with Crippen LogP contribution in [0.2, 0.25) is 0 Å². The highest BCUT2D eigenvalue weighted by atomic mass is 16.7. The Kier molecular flexibility index (Phi) is 12.8. The number of hydrogen-bond donors (Lipinski definition) is 14. The molecule has 4 heterocycles. The topological polar surface area (TPSA) is 394 Å². The molecule has 4 aliphatic rings. The van der Waals surface area contributed by atoms with Gasteiger partial charge in [-0.2, -0.15) is 0 Å². The van der Waals surface area contributed by atoms with Gasteiger partial charge in [0.2, 0.25) is 0 Å². The zero-order valence-corrected chi connectivity index (χ0v) is 24.5. The van der Waals surface area contributed by atoms with Crippen LogP contribution in [0.5, 0.6) is 0 Å². The molecule has 0 aromatic rings. The van der Waals surface area contributed by atoms with Gasteiger partial charge >= 0.3 is 0 Å². The van der Waals surface area contributed by atoms with Gasteiger partial charge in [-0.05, 0) is 0 Å². The lowest BCUT2D eigenvalue weighted by molar-refractivity contribution is -0.352. The molecule has 0 spiro atoms. The molecular weight excluding hydrogens is 608 g/mol. The molecule has 0 saturated carbocycles. The average Bonchev–Trinajstić information content (AvgIpc) is 3.03. The molecule has 45 heavy (non-hydrogen) atoms. The van der Waals surface area contributed by atoms with Crippen LogP contribution in [-0.2, 0) is 33.2 Å². The van der Waals surface area contributed by atoms with E-state index >= 15 is 0 Å². The minimum absolute atomic E-state index is 0.147. The summed E-state index contributed by atoms with van der Waals surface area (Å²) >= 11 is 0. The summed E-state index contributed by atoms with van der Waals surface area (Å²) in [6, 6.07) is -5.00. The van der Waals surface area contributed by atoms with Crippen molar-refractivity contribution in [3.05, 3.63) is 0 Å². The maximum atomic E-state index is 11.2. The van der Waals surface area contributed by atoms with Gasteiger partial charge < -0.3 is 110 Å². The molecule has 4 fully saturated rings. The van der Waals surface area contributed by atoms with E-state index in [1.807, 2.05) is 0 Å². The van der Waals surface area contributed by atoms with E-state index in [-0.39, 0.29) is 26.2 Å². The molecule has 21 heteroatoms. The van der Waals surface area contributed by atoms with Crippen LogP contribution >= 0.6 is 0 Å². The predicted octanol–water partition coefficient (Wildman–Crippen LogP) is -10.0. The van der Waals surface area contributed by atoms with Crippen molar-refractivity contribution in [3.8, 4) is 0 Å². The van der Waals surface area contributed by atoms with Crippen molar-refractivity contribution in [3.63, 3.8) is 0 Å². The number of rotatable bonds is 10. The van der Waals surface area contributed by atoms with Crippen molar-refractivity contribution >= 4 is 0 Å². The van der Waals surface area contributed by atoms with E-state index in [0.717, 1.165) is 0 Å².